The number of nitrogens with one attached hydrogen (secondary N) is 2. The van der Waals surface area contributed by atoms with Crippen molar-refractivity contribution < 1.29 is 44.3 Å². The molecule has 1 aliphatic rings. The summed E-state index contributed by atoms with van der Waals surface area (Å²) in [5.74, 6) is -3.28. The summed E-state index contributed by atoms with van der Waals surface area (Å²) in [5, 5.41) is 52.3. The van der Waals surface area contributed by atoms with Crippen LogP contribution in [0.15, 0.2) is 78.0 Å². The topological polar surface area (TPSA) is 223 Å². The molecule has 13 atom stereocenters. The normalized spacial score (nSPS) is 23.7. The van der Waals surface area contributed by atoms with Gasteiger partial charge >= 0.3 is 12.1 Å². The van der Waals surface area contributed by atoms with Crippen molar-refractivity contribution in [2.24, 2.45) is 46.5 Å². The highest BCUT2D eigenvalue weighted by Gasteiger charge is 2.41. The Bertz CT molecular complexity index is 1570. The van der Waals surface area contributed by atoms with E-state index in [2.05, 4.69) is 27.2 Å². The molecule has 0 bridgehead atoms. The van der Waals surface area contributed by atoms with E-state index in [-0.39, 0.29) is 55.0 Å². The maximum atomic E-state index is 12.9. The Labute approximate surface area is 331 Å². The molecule has 0 aromatic heterocycles. The Balaban J connectivity index is 1.94. The molecular formula is C42H63N5O9. The van der Waals surface area contributed by atoms with Crippen LogP contribution in [0, 0.1) is 41.4 Å². The van der Waals surface area contributed by atoms with E-state index in [1.807, 2.05) is 53.7 Å². The number of alkyl carbamates (subject to hydrolysis) is 1. The van der Waals surface area contributed by atoms with Crippen LogP contribution in [-0.2, 0) is 14.3 Å². The molecule has 1 aromatic carbocycles. The van der Waals surface area contributed by atoms with Gasteiger partial charge in [0.1, 0.15) is 12.2 Å². The highest BCUT2D eigenvalue weighted by molar-refractivity contribution is 5.94. The van der Waals surface area contributed by atoms with Crippen LogP contribution < -0.4 is 10.6 Å². The number of cyclic esters (lactones) is 1. The zero-order valence-electron chi connectivity index (χ0n) is 34.0. The van der Waals surface area contributed by atoms with Crippen LogP contribution in [0.5, 0.6) is 0 Å². The zero-order chi connectivity index (χ0) is 42.1. The number of benzene rings is 1. The molecule has 2 rings (SSSR count). The van der Waals surface area contributed by atoms with Gasteiger partial charge in [0, 0.05) is 65.3 Å². The molecule has 0 aliphatic carbocycles. The minimum absolute atomic E-state index is 0.0998. The highest BCUT2D eigenvalue weighted by atomic mass is 16.6. The second kappa shape index (κ2) is 23.6. The molecule has 14 nitrogen and oxygen atoms in total. The van der Waals surface area contributed by atoms with Gasteiger partial charge in [-0.3, -0.25) is 9.59 Å². The van der Waals surface area contributed by atoms with Gasteiger partial charge in [0.2, 0.25) is 0 Å². The Morgan fingerprint density at radius 2 is 1.62 bits per heavy atom. The smallest absolute Gasteiger partial charge is 0.407 e. The third kappa shape index (κ3) is 14.9. The lowest BCUT2D eigenvalue weighted by atomic mass is 9.81. The number of aliphatic hydroxyl groups is 4. The van der Waals surface area contributed by atoms with Gasteiger partial charge in [-0.2, -0.15) is 0 Å². The van der Waals surface area contributed by atoms with Crippen LogP contribution in [0.2, 0.25) is 0 Å². The maximum Gasteiger partial charge on any atom is 0.407 e. The first-order valence-corrected chi connectivity index (χ1v) is 19.4. The highest BCUT2D eigenvalue weighted by Crippen LogP contribution is 2.31. The molecule has 2 amide bonds. The number of hydrogen-bond acceptors (Lipinski definition) is 10. The largest absolute Gasteiger partial charge is 0.462 e. The Morgan fingerprint density at radius 3 is 2.25 bits per heavy atom. The third-order valence-corrected chi connectivity index (χ3v) is 10.6. The van der Waals surface area contributed by atoms with E-state index in [1.165, 1.54) is 24.3 Å². The predicted molar refractivity (Wildman–Crippen MR) is 215 cm³/mol. The number of allylic oxidation sites excluding steroid dienone is 3. The number of nitrogens with zero attached hydrogens (tertiary/aromatic N) is 3. The van der Waals surface area contributed by atoms with Crippen LogP contribution in [0.3, 0.4) is 0 Å². The van der Waals surface area contributed by atoms with Crippen LogP contribution in [-0.4, -0.2) is 88.1 Å². The number of esters is 1. The van der Waals surface area contributed by atoms with Crippen LogP contribution >= 0.6 is 0 Å². The van der Waals surface area contributed by atoms with E-state index in [0.717, 1.165) is 5.57 Å². The first-order chi connectivity index (χ1) is 26.4. The number of azide groups is 1. The first kappa shape index (κ1) is 47.7. The van der Waals surface area contributed by atoms with Gasteiger partial charge in [0.05, 0.1) is 30.3 Å². The summed E-state index contributed by atoms with van der Waals surface area (Å²) in [4.78, 5) is 40.1. The van der Waals surface area contributed by atoms with Gasteiger partial charge < -0.3 is 40.5 Å². The summed E-state index contributed by atoms with van der Waals surface area (Å²) in [6, 6.07) is 6.11. The van der Waals surface area contributed by atoms with Crippen molar-refractivity contribution in [3.63, 3.8) is 0 Å². The fraction of sp³-hybridized carbons (Fsp3) is 0.595. The van der Waals surface area contributed by atoms with E-state index in [4.69, 9.17) is 15.0 Å². The molecular weight excluding hydrogens is 718 g/mol. The zero-order valence-corrected chi connectivity index (χ0v) is 34.0. The van der Waals surface area contributed by atoms with Crippen molar-refractivity contribution in [2.45, 2.75) is 105 Å². The fourth-order valence-corrected chi connectivity index (χ4v) is 7.01. The summed E-state index contributed by atoms with van der Waals surface area (Å²) in [5.41, 5.74) is 10.3. The number of amides is 2. The lowest BCUT2D eigenvalue weighted by Crippen LogP contribution is -2.47. The van der Waals surface area contributed by atoms with Crippen molar-refractivity contribution in [3.8, 4) is 0 Å². The predicted octanol–water partition coefficient (Wildman–Crippen LogP) is 6.30. The quantitative estimate of drug-likeness (QED) is 0.0156. The molecule has 14 heteroatoms. The molecule has 0 spiro atoms. The number of carbonyl (C=O) groups is 3. The minimum atomic E-state index is -0.924. The summed E-state index contributed by atoms with van der Waals surface area (Å²) >= 11 is 0. The SMILES string of the molecule is C=C/C=C\[C@H](C)[C@H](OC(=O)NCCNC(=O)c1ccc(N=[N+]=[N-])cc1)[C@@H](C)[C@H](O)[C@@H](C)C/C(C)=C\[C@H](C)[C@@H](O)[C@@H](C)/C=C\[C@@H](O)C[C@@H]1OC(=O)[C@H](C)[C@@H](O)[C@H]1C. The molecule has 1 heterocycles. The van der Waals surface area contributed by atoms with Gasteiger partial charge in [-0.05, 0) is 43.9 Å². The number of rotatable bonds is 21. The molecule has 0 unspecified atom stereocenters. The second-order valence-corrected chi connectivity index (χ2v) is 15.3. The van der Waals surface area contributed by atoms with Crippen LogP contribution in [0.25, 0.3) is 10.4 Å². The summed E-state index contributed by atoms with van der Waals surface area (Å²) in [6.45, 7) is 18.7. The van der Waals surface area contributed by atoms with E-state index in [9.17, 15) is 34.8 Å². The van der Waals surface area contributed by atoms with E-state index in [1.54, 1.807) is 38.2 Å². The Kier molecular flexibility index (Phi) is 20.1. The number of aliphatic hydroxyl groups excluding tert-OH is 4. The summed E-state index contributed by atoms with van der Waals surface area (Å²) in [6.07, 6.45) is 5.82. The van der Waals surface area contributed by atoms with E-state index in [0.29, 0.717) is 17.7 Å². The van der Waals surface area contributed by atoms with Crippen molar-refractivity contribution in [1.29, 1.82) is 0 Å². The van der Waals surface area contributed by atoms with Gasteiger partial charge in [-0.15, -0.1) is 0 Å². The number of ether oxygens (including phenoxy) is 2. The molecule has 310 valence electrons. The molecule has 1 aromatic rings. The lowest BCUT2D eigenvalue weighted by Gasteiger charge is -2.36. The standard InChI is InChI=1S/C42H63N5O9/c1-10-11-12-26(4)39(56-42(54)45-20-19-44-40(52)32-14-16-33(17-15-32)46-47-43)30(8)37(50)28(6)22-24(2)21-27(5)36(49)25(3)13-18-34(48)23-35-29(7)38(51)31(9)41(53)55-35/h10-18,21,25-31,34-39,48-51H,1,19-20,22-23H2,2-9H3,(H,44,52)(H,45,54)/b12-11-,18-13-,24-21-/t25-,26-,27-,28-,29-,30-,31+,34+,35-,36-,37+,38-,39-/m0/s1. The van der Waals surface area contributed by atoms with Gasteiger partial charge in [0.25, 0.3) is 5.91 Å². The molecule has 1 saturated heterocycles. The second-order valence-electron chi connectivity index (χ2n) is 15.3. The fourth-order valence-electron chi connectivity index (χ4n) is 7.01. The van der Waals surface area contributed by atoms with Crippen LogP contribution in [0.1, 0.15) is 78.6 Å². The summed E-state index contributed by atoms with van der Waals surface area (Å²) in [7, 11) is 0. The molecule has 6 N–H and O–H groups in total. The monoisotopic (exact) mass is 781 g/mol. The molecule has 0 saturated carbocycles. The molecule has 1 aliphatic heterocycles. The number of carbonyl (C=O) groups excluding carboxylic acids is 3. The average Bonchev–Trinajstić information content (AvgIpc) is 3.17. The molecule has 1 fully saturated rings. The average molecular weight is 782 g/mol. The number of hydrogen-bond donors (Lipinski definition) is 6. The van der Waals surface area contributed by atoms with Crippen molar-refractivity contribution in [1.82, 2.24) is 10.6 Å². The van der Waals surface area contributed by atoms with Crippen LogP contribution in [0.4, 0.5) is 10.5 Å². The molecule has 56 heavy (non-hydrogen) atoms. The Morgan fingerprint density at radius 1 is 0.982 bits per heavy atom. The summed E-state index contributed by atoms with van der Waals surface area (Å²) < 4.78 is 11.3. The Hall–Kier alpha value is -4.46. The lowest BCUT2D eigenvalue weighted by molar-refractivity contribution is -0.179. The van der Waals surface area contributed by atoms with E-state index < -0.39 is 60.5 Å². The van der Waals surface area contributed by atoms with Crippen molar-refractivity contribution in [3.05, 3.63) is 88.9 Å². The van der Waals surface area contributed by atoms with Gasteiger partial charge in [-0.25, -0.2) is 4.79 Å². The minimum Gasteiger partial charge on any atom is -0.462 e. The van der Waals surface area contributed by atoms with Gasteiger partial charge in [-0.1, -0.05) is 107 Å². The third-order valence-electron chi connectivity index (χ3n) is 10.6. The molecule has 0 radical (unpaired) electrons. The van der Waals surface area contributed by atoms with Gasteiger partial charge in [0.15, 0.2) is 0 Å². The van der Waals surface area contributed by atoms with E-state index >= 15 is 0 Å². The van der Waals surface area contributed by atoms with Crippen molar-refractivity contribution in [2.75, 3.05) is 13.1 Å². The van der Waals surface area contributed by atoms with Crippen molar-refractivity contribution >= 4 is 23.7 Å². The maximum absolute atomic E-state index is 12.9. The first-order valence-electron chi connectivity index (χ1n) is 19.4.